The summed E-state index contributed by atoms with van der Waals surface area (Å²) in [6, 6.07) is 4.17. The van der Waals surface area contributed by atoms with Gasteiger partial charge >= 0.3 is 5.97 Å². The molecule has 0 spiro atoms. The number of benzene rings is 1. The van der Waals surface area contributed by atoms with Crippen LogP contribution in [0, 0.1) is 5.92 Å². The van der Waals surface area contributed by atoms with Crippen LogP contribution in [0.15, 0.2) is 18.2 Å². The third-order valence-corrected chi connectivity index (χ3v) is 3.28. The van der Waals surface area contributed by atoms with Crippen molar-refractivity contribution in [2.45, 2.75) is 12.8 Å². The summed E-state index contributed by atoms with van der Waals surface area (Å²) in [5, 5.41) is 10.0. The maximum Gasteiger partial charge on any atom is 0.335 e. The van der Waals surface area contributed by atoms with Crippen LogP contribution in [0.25, 0.3) is 0 Å². The molecule has 20 heavy (non-hydrogen) atoms. The summed E-state index contributed by atoms with van der Waals surface area (Å²) in [7, 11) is -1.64. The fourth-order valence-corrected chi connectivity index (χ4v) is 1.95. The average molecular weight is 301 g/mol. The van der Waals surface area contributed by atoms with Crippen LogP contribution < -0.4 is 9.80 Å². The average Bonchev–Trinajstić information content (AvgIpc) is 3.19. The van der Waals surface area contributed by atoms with E-state index in [1.54, 1.807) is 0 Å². The van der Waals surface area contributed by atoms with Gasteiger partial charge in [-0.3, -0.25) is 0 Å². The quantitative estimate of drug-likeness (QED) is 0.574. The first kappa shape index (κ1) is 14.6. The number of carbonyl (C=O) groups is 1. The van der Waals surface area contributed by atoms with Crippen LogP contribution in [0.5, 0.6) is 5.75 Å². The lowest BCUT2D eigenvalue weighted by molar-refractivity contribution is 0.0696. The van der Waals surface area contributed by atoms with Gasteiger partial charge in [-0.2, -0.15) is 4.28 Å². The second-order valence-corrected chi connectivity index (χ2v) is 5.16. The number of ether oxygens (including phenoxy) is 1. The molecule has 0 unspecified atom stereocenters. The predicted octanol–water partition coefficient (Wildman–Crippen LogP) is 1.07. The zero-order valence-corrected chi connectivity index (χ0v) is 11.7. The molecule has 0 saturated heterocycles. The Morgan fingerprint density at radius 3 is 2.70 bits per heavy atom. The Bertz CT molecular complexity index is 573. The number of hydroxylamine groups is 1. The Morgan fingerprint density at radius 2 is 2.15 bits per heavy atom. The van der Waals surface area contributed by atoms with E-state index in [0.29, 0.717) is 18.2 Å². The predicted molar refractivity (Wildman–Crippen MR) is 71.4 cm³/mol. The van der Waals surface area contributed by atoms with Gasteiger partial charge in [0.15, 0.2) is 0 Å². The molecule has 0 amide bonds. The Hall–Kier alpha value is -1.80. The second kappa shape index (κ2) is 6.10. The van der Waals surface area contributed by atoms with Gasteiger partial charge in [0.1, 0.15) is 11.4 Å². The van der Waals surface area contributed by atoms with Gasteiger partial charge < -0.3 is 9.84 Å². The molecule has 0 heterocycles. The molecule has 1 aromatic carbocycles. The molecule has 1 aromatic rings. The fraction of sp³-hybridized carbons (Fsp3) is 0.417. The molecule has 0 aliphatic heterocycles. The molecule has 1 saturated carbocycles. The van der Waals surface area contributed by atoms with Crippen LogP contribution in [-0.4, -0.2) is 33.1 Å². The van der Waals surface area contributed by atoms with Crippen molar-refractivity contribution in [3.05, 3.63) is 23.8 Å². The number of hydrogen-bond donors (Lipinski definition) is 2. The molecule has 0 aromatic heterocycles. The molecular formula is C12H15NO6S. The Balaban J connectivity index is 2.24. The number of carboxylic acids is 1. The first-order valence-electron chi connectivity index (χ1n) is 6.03. The highest BCUT2D eigenvalue weighted by molar-refractivity contribution is 7.67. The van der Waals surface area contributed by atoms with E-state index in [1.807, 2.05) is 0 Å². The molecule has 1 aliphatic rings. The molecule has 2 rings (SSSR count). The standard InChI is InChI=1S/C12H15NO6S/c1-13(19-20(16)17)10-5-4-9(12(14)15)6-11(10)18-7-8-2-3-8/h4-6,8,20H,2-3,7H2,1H3,(H,14,15). The number of rotatable bonds is 7. The molecule has 0 bridgehead atoms. The van der Waals surface area contributed by atoms with Crippen molar-refractivity contribution in [1.82, 2.24) is 0 Å². The molecule has 0 radical (unpaired) electrons. The first-order chi connectivity index (χ1) is 9.47. The van der Waals surface area contributed by atoms with E-state index in [9.17, 15) is 13.2 Å². The maximum atomic E-state index is 11.0. The molecule has 110 valence electrons. The molecule has 1 N–H and O–H groups in total. The normalized spacial score (nSPS) is 14.3. The van der Waals surface area contributed by atoms with Crippen LogP contribution in [0.1, 0.15) is 23.2 Å². The minimum absolute atomic E-state index is 0.0689. The van der Waals surface area contributed by atoms with Gasteiger partial charge in [-0.15, -0.1) is 0 Å². The van der Waals surface area contributed by atoms with E-state index in [1.165, 1.54) is 25.2 Å². The Morgan fingerprint density at radius 1 is 1.45 bits per heavy atom. The van der Waals surface area contributed by atoms with Crippen molar-refractivity contribution in [3.63, 3.8) is 0 Å². The summed E-state index contributed by atoms with van der Waals surface area (Å²) in [6.07, 6.45) is 2.18. The number of carboxylic acid groups (broad SMARTS) is 1. The largest absolute Gasteiger partial charge is 0.491 e. The van der Waals surface area contributed by atoms with Gasteiger partial charge in [0, 0.05) is 7.05 Å². The van der Waals surface area contributed by atoms with Gasteiger partial charge in [0.25, 0.3) is 11.0 Å². The SMILES string of the molecule is CN(O[SH](=O)=O)c1ccc(C(=O)O)cc1OCC1CC1. The molecule has 1 aliphatic carbocycles. The highest BCUT2D eigenvalue weighted by Gasteiger charge is 2.23. The summed E-state index contributed by atoms with van der Waals surface area (Å²) < 4.78 is 31.3. The van der Waals surface area contributed by atoms with Gasteiger partial charge in [-0.25, -0.2) is 18.3 Å². The molecular weight excluding hydrogens is 286 g/mol. The van der Waals surface area contributed by atoms with Crippen LogP contribution in [0.2, 0.25) is 0 Å². The maximum absolute atomic E-state index is 11.0. The van der Waals surface area contributed by atoms with Crippen molar-refractivity contribution in [3.8, 4) is 5.75 Å². The van der Waals surface area contributed by atoms with Gasteiger partial charge in [0.05, 0.1) is 12.2 Å². The zero-order chi connectivity index (χ0) is 14.7. The van der Waals surface area contributed by atoms with E-state index in [-0.39, 0.29) is 11.3 Å². The Labute approximate surface area is 117 Å². The summed E-state index contributed by atoms with van der Waals surface area (Å²) in [4.78, 5) is 11.0. The third kappa shape index (κ3) is 3.84. The Kier molecular flexibility index (Phi) is 4.46. The lowest BCUT2D eigenvalue weighted by Gasteiger charge is -2.19. The van der Waals surface area contributed by atoms with Crippen molar-refractivity contribution >= 4 is 22.6 Å². The van der Waals surface area contributed by atoms with E-state index >= 15 is 0 Å². The highest BCUT2D eigenvalue weighted by Crippen LogP contribution is 2.33. The van der Waals surface area contributed by atoms with Crippen molar-refractivity contribution < 1.29 is 27.3 Å². The number of nitrogens with zero attached hydrogens (tertiary/aromatic N) is 1. The number of anilines is 1. The monoisotopic (exact) mass is 301 g/mol. The van der Waals surface area contributed by atoms with Gasteiger partial charge in [-0.05, 0) is 37.0 Å². The smallest absolute Gasteiger partial charge is 0.335 e. The minimum atomic E-state index is -3.05. The lowest BCUT2D eigenvalue weighted by Crippen LogP contribution is -2.18. The summed E-state index contributed by atoms with van der Waals surface area (Å²) in [6.45, 7) is 0.480. The molecule has 8 heteroatoms. The molecule has 7 nitrogen and oxygen atoms in total. The van der Waals surface area contributed by atoms with Gasteiger partial charge in [0.2, 0.25) is 0 Å². The lowest BCUT2D eigenvalue weighted by atomic mass is 10.2. The van der Waals surface area contributed by atoms with Crippen LogP contribution >= 0.6 is 0 Å². The fourth-order valence-electron chi connectivity index (χ4n) is 1.66. The minimum Gasteiger partial charge on any atom is -0.491 e. The second-order valence-electron chi connectivity index (χ2n) is 4.54. The topological polar surface area (TPSA) is 93.1 Å². The number of hydrogen-bond acceptors (Lipinski definition) is 6. The summed E-state index contributed by atoms with van der Waals surface area (Å²) in [5.41, 5.74) is 0.425. The van der Waals surface area contributed by atoms with E-state index < -0.39 is 17.0 Å². The summed E-state index contributed by atoms with van der Waals surface area (Å²) in [5.74, 6) is -0.304. The highest BCUT2D eigenvalue weighted by atomic mass is 32.2. The van der Waals surface area contributed by atoms with Crippen molar-refractivity contribution in [1.29, 1.82) is 0 Å². The molecule has 0 atom stereocenters. The van der Waals surface area contributed by atoms with Crippen LogP contribution in [-0.2, 0) is 15.3 Å². The third-order valence-electron chi connectivity index (χ3n) is 2.91. The van der Waals surface area contributed by atoms with Crippen LogP contribution in [0.3, 0.4) is 0 Å². The number of thiol groups is 1. The van der Waals surface area contributed by atoms with E-state index in [2.05, 4.69) is 4.28 Å². The van der Waals surface area contributed by atoms with Crippen molar-refractivity contribution in [2.75, 3.05) is 18.7 Å². The summed E-state index contributed by atoms with van der Waals surface area (Å²) >= 11 is 0. The molecule has 1 fully saturated rings. The van der Waals surface area contributed by atoms with E-state index in [4.69, 9.17) is 9.84 Å². The van der Waals surface area contributed by atoms with Crippen molar-refractivity contribution in [2.24, 2.45) is 5.92 Å². The first-order valence-corrected chi connectivity index (χ1v) is 7.13. The van der Waals surface area contributed by atoms with E-state index in [0.717, 1.165) is 17.9 Å². The van der Waals surface area contributed by atoms with Gasteiger partial charge in [-0.1, -0.05) is 0 Å². The van der Waals surface area contributed by atoms with Crippen LogP contribution in [0.4, 0.5) is 5.69 Å². The number of aromatic carboxylic acids is 1. The zero-order valence-electron chi connectivity index (χ0n) is 10.8.